The monoisotopic (exact) mass is 432 g/mol. The van der Waals surface area contributed by atoms with Crippen LogP contribution in [0.15, 0.2) is 24.3 Å². The zero-order valence-corrected chi connectivity index (χ0v) is 18.6. The fourth-order valence-electron chi connectivity index (χ4n) is 3.77. The summed E-state index contributed by atoms with van der Waals surface area (Å²) in [4.78, 5) is 27.4. The topological polar surface area (TPSA) is 77.1 Å². The number of benzene rings is 1. The minimum Gasteiger partial charge on any atom is -0.497 e. The van der Waals surface area contributed by atoms with Crippen LogP contribution in [0.1, 0.15) is 46.6 Å². The second kappa shape index (κ2) is 9.95. The van der Waals surface area contributed by atoms with Crippen molar-refractivity contribution in [1.82, 2.24) is 4.90 Å². The van der Waals surface area contributed by atoms with Crippen LogP contribution in [-0.4, -0.2) is 50.7 Å². The first-order valence-corrected chi connectivity index (χ1v) is 10.8. The highest BCUT2D eigenvalue weighted by atomic mass is 32.1. The number of hydrogen-bond acceptors (Lipinski definition) is 7. The maximum Gasteiger partial charge on any atom is 0.348 e. The van der Waals surface area contributed by atoms with Crippen LogP contribution in [-0.2, 0) is 9.53 Å². The maximum atomic E-state index is 12.7. The number of likely N-dealkylation sites (tertiary alicyclic amines) is 1. The van der Waals surface area contributed by atoms with E-state index in [4.69, 9.17) is 14.2 Å². The molecule has 162 valence electrons. The number of ether oxygens (including phenoxy) is 3. The number of nitrogens with zero attached hydrogens (tertiary/aromatic N) is 1. The molecule has 0 radical (unpaired) electrons. The average molecular weight is 433 g/mol. The summed E-state index contributed by atoms with van der Waals surface area (Å²) >= 11 is 1.24. The van der Waals surface area contributed by atoms with Crippen molar-refractivity contribution in [2.45, 2.75) is 32.7 Å². The second-order valence-electron chi connectivity index (χ2n) is 7.13. The largest absolute Gasteiger partial charge is 0.497 e. The van der Waals surface area contributed by atoms with Crippen LogP contribution >= 0.6 is 11.3 Å². The van der Waals surface area contributed by atoms with E-state index in [1.807, 2.05) is 25.1 Å². The van der Waals surface area contributed by atoms with E-state index in [2.05, 4.69) is 10.2 Å². The number of carbonyl (C=O) groups is 2. The van der Waals surface area contributed by atoms with Crippen LogP contribution in [0.3, 0.4) is 0 Å². The van der Waals surface area contributed by atoms with E-state index in [0.717, 1.165) is 42.0 Å². The number of aryl methyl sites for hydroxylation is 1. The zero-order valence-electron chi connectivity index (χ0n) is 17.8. The molecule has 30 heavy (non-hydrogen) atoms. The van der Waals surface area contributed by atoms with Gasteiger partial charge in [0.2, 0.25) is 5.91 Å². The quantitative estimate of drug-likeness (QED) is 0.635. The Kier molecular flexibility index (Phi) is 7.33. The lowest BCUT2D eigenvalue weighted by Crippen LogP contribution is -2.32. The summed E-state index contributed by atoms with van der Waals surface area (Å²) in [6, 6.07) is 7.64. The van der Waals surface area contributed by atoms with Gasteiger partial charge in [0.25, 0.3) is 0 Å². The number of methoxy groups -OCH3 is 2. The first-order chi connectivity index (χ1) is 14.5. The molecule has 1 atom stereocenters. The Bertz CT molecular complexity index is 911. The van der Waals surface area contributed by atoms with Gasteiger partial charge >= 0.3 is 5.97 Å². The molecule has 7 nitrogen and oxygen atoms in total. The van der Waals surface area contributed by atoms with E-state index >= 15 is 0 Å². The molecule has 0 spiro atoms. The van der Waals surface area contributed by atoms with Crippen molar-refractivity contribution < 1.29 is 23.8 Å². The number of carbonyl (C=O) groups excluding carboxylic acids is 2. The average Bonchev–Trinajstić information content (AvgIpc) is 3.33. The molecule has 1 N–H and O–H groups in total. The summed E-state index contributed by atoms with van der Waals surface area (Å²) in [6.45, 7) is 5.02. The molecular weight excluding hydrogens is 404 g/mol. The number of esters is 1. The van der Waals surface area contributed by atoms with Crippen LogP contribution in [0.25, 0.3) is 0 Å². The molecule has 1 aromatic carbocycles. The molecule has 1 aliphatic rings. The van der Waals surface area contributed by atoms with Crippen LogP contribution in [0.2, 0.25) is 0 Å². The molecule has 1 aliphatic heterocycles. The molecular formula is C22H28N2O5S. The molecule has 8 heteroatoms. The van der Waals surface area contributed by atoms with Crippen molar-refractivity contribution in [2.24, 2.45) is 0 Å². The van der Waals surface area contributed by atoms with Crippen molar-refractivity contribution >= 4 is 28.2 Å². The molecule has 2 aromatic rings. The van der Waals surface area contributed by atoms with Crippen molar-refractivity contribution in [3.8, 4) is 11.5 Å². The lowest BCUT2D eigenvalue weighted by atomic mass is 10.0. The van der Waals surface area contributed by atoms with Gasteiger partial charge < -0.3 is 19.5 Å². The van der Waals surface area contributed by atoms with E-state index in [-0.39, 0.29) is 24.5 Å². The van der Waals surface area contributed by atoms with Crippen LogP contribution in [0.5, 0.6) is 11.5 Å². The number of rotatable bonds is 8. The highest BCUT2D eigenvalue weighted by molar-refractivity contribution is 7.18. The Morgan fingerprint density at radius 2 is 2.03 bits per heavy atom. The van der Waals surface area contributed by atoms with Gasteiger partial charge in [-0.2, -0.15) is 0 Å². The molecule has 1 aromatic heterocycles. The minimum atomic E-state index is -0.356. The molecule has 0 aliphatic carbocycles. The third kappa shape index (κ3) is 4.94. The van der Waals surface area contributed by atoms with E-state index in [1.165, 1.54) is 11.3 Å². The van der Waals surface area contributed by atoms with E-state index in [1.54, 1.807) is 27.2 Å². The highest BCUT2D eigenvalue weighted by Crippen LogP contribution is 2.38. The Labute approximate surface area is 180 Å². The Balaban J connectivity index is 1.70. The summed E-state index contributed by atoms with van der Waals surface area (Å²) in [5.74, 6) is 1.09. The molecule has 2 heterocycles. The van der Waals surface area contributed by atoms with E-state index in [9.17, 15) is 9.59 Å². The first-order valence-electron chi connectivity index (χ1n) is 10.00. The van der Waals surface area contributed by atoms with Gasteiger partial charge in [0.15, 0.2) is 0 Å². The summed E-state index contributed by atoms with van der Waals surface area (Å²) in [5, 5.41) is 3.57. The van der Waals surface area contributed by atoms with Gasteiger partial charge in [-0.15, -0.1) is 11.3 Å². The number of nitrogens with one attached hydrogen (secondary N) is 1. The van der Waals surface area contributed by atoms with Gasteiger partial charge in [-0.3, -0.25) is 9.69 Å². The normalized spacial score (nSPS) is 16.3. The zero-order chi connectivity index (χ0) is 21.7. The summed E-state index contributed by atoms with van der Waals surface area (Å²) in [7, 11) is 3.29. The van der Waals surface area contributed by atoms with Gasteiger partial charge in [-0.05, 0) is 63.1 Å². The SMILES string of the molecule is CCOC(=O)c1sc(NC(=O)CN2CCCC2c2cc(OC)ccc2OC)cc1C. The van der Waals surface area contributed by atoms with Crippen LogP contribution in [0, 0.1) is 6.92 Å². The van der Waals surface area contributed by atoms with E-state index in [0.29, 0.717) is 16.5 Å². The van der Waals surface area contributed by atoms with Crippen molar-refractivity contribution in [1.29, 1.82) is 0 Å². The summed E-state index contributed by atoms with van der Waals surface area (Å²) in [6.07, 6.45) is 1.95. The first kappa shape index (κ1) is 22.1. The Hall–Kier alpha value is -2.58. The van der Waals surface area contributed by atoms with Gasteiger partial charge in [0.1, 0.15) is 16.4 Å². The molecule has 0 bridgehead atoms. The molecule has 1 fully saturated rings. The maximum absolute atomic E-state index is 12.7. The van der Waals surface area contributed by atoms with E-state index < -0.39 is 0 Å². The number of thiophene rings is 1. The van der Waals surface area contributed by atoms with Crippen molar-refractivity contribution in [3.63, 3.8) is 0 Å². The molecule has 1 amide bonds. The lowest BCUT2D eigenvalue weighted by Gasteiger charge is -2.25. The highest BCUT2D eigenvalue weighted by Gasteiger charge is 2.30. The van der Waals surface area contributed by atoms with Gasteiger partial charge in [0, 0.05) is 11.6 Å². The smallest absolute Gasteiger partial charge is 0.348 e. The van der Waals surface area contributed by atoms with Gasteiger partial charge in [-0.1, -0.05) is 0 Å². The summed E-state index contributed by atoms with van der Waals surface area (Å²) in [5.41, 5.74) is 1.83. The number of amides is 1. The van der Waals surface area contributed by atoms with Gasteiger partial charge in [-0.25, -0.2) is 4.79 Å². The fourth-order valence-corrected chi connectivity index (χ4v) is 4.75. The minimum absolute atomic E-state index is 0.0842. The van der Waals surface area contributed by atoms with Crippen LogP contribution < -0.4 is 14.8 Å². The van der Waals surface area contributed by atoms with Gasteiger partial charge in [0.05, 0.1) is 32.4 Å². The number of anilines is 1. The Morgan fingerprint density at radius 3 is 2.73 bits per heavy atom. The fraction of sp³-hybridized carbons (Fsp3) is 0.455. The molecule has 1 unspecified atom stereocenters. The number of hydrogen-bond donors (Lipinski definition) is 1. The van der Waals surface area contributed by atoms with Crippen molar-refractivity contribution in [2.75, 3.05) is 39.2 Å². The predicted molar refractivity (Wildman–Crippen MR) is 117 cm³/mol. The lowest BCUT2D eigenvalue weighted by molar-refractivity contribution is -0.117. The van der Waals surface area contributed by atoms with Crippen LogP contribution in [0.4, 0.5) is 5.00 Å². The molecule has 1 saturated heterocycles. The van der Waals surface area contributed by atoms with Crippen molar-refractivity contribution in [3.05, 3.63) is 40.3 Å². The Morgan fingerprint density at radius 1 is 1.23 bits per heavy atom. The predicted octanol–water partition coefficient (Wildman–Crippen LogP) is 4.03. The molecule has 0 saturated carbocycles. The second-order valence-corrected chi connectivity index (χ2v) is 8.18. The summed E-state index contributed by atoms with van der Waals surface area (Å²) < 4.78 is 16.0. The third-order valence-electron chi connectivity index (χ3n) is 5.15. The molecule has 3 rings (SSSR count). The third-order valence-corrected chi connectivity index (χ3v) is 6.28. The standard InChI is InChI=1S/C22H28N2O5S/c1-5-29-22(26)21-14(2)11-20(30-21)23-19(25)13-24-10-6-7-17(24)16-12-15(27-3)8-9-18(16)28-4/h8-9,11-12,17H,5-7,10,13H2,1-4H3,(H,23,25).